The molecule has 19 heavy (non-hydrogen) atoms. The van der Waals surface area contributed by atoms with Crippen molar-refractivity contribution in [2.75, 3.05) is 31.4 Å². The minimum Gasteiger partial charge on any atom is -0.465 e. The highest BCUT2D eigenvalue weighted by Crippen LogP contribution is 2.46. The predicted octanol–water partition coefficient (Wildman–Crippen LogP) is 2.36. The maximum Gasteiger partial charge on any atom is 0.340 e. The summed E-state index contributed by atoms with van der Waals surface area (Å²) in [5.74, 6) is -1.51. The molecule has 0 aromatic heterocycles. The van der Waals surface area contributed by atoms with Crippen LogP contribution in [0.3, 0.4) is 0 Å². The molecule has 0 saturated heterocycles. The summed E-state index contributed by atoms with van der Waals surface area (Å²) in [6, 6.07) is 2.36. The van der Waals surface area contributed by atoms with Crippen molar-refractivity contribution in [3.05, 3.63) is 23.5 Å². The number of nitrogen functional groups attached to an aromatic ring is 1. The van der Waals surface area contributed by atoms with E-state index >= 15 is 0 Å². The molecule has 0 unspecified atom stereocenters. The number of alkyl halides is 1. The molecule has 1 aromatic rings. The van der Waals surface area contributed by atoms with Gasteiger partial charge in [0.1, 0.15) is 5.82 Å². The van der Waals surface area contributed by atoms with Crippen LogP contribution in [0, 0.1) is 11.2 Å². The van der Waals surface area contributed by atoms with Crippen molar-refractivity contribution in [3.63, 3.8) is 0 Å². The van der Waals surface area contributed by atoms with Crippen molar-refractivity contribution < 1.29 is 18.3 Å². The zero-order chi connectivity index (χ0) is 14.0. The van der Waals surface area contributed by atoms with E-state index in [1.807, 2.05) is 0 Å². The van der Waals surface area contributed by atoms with E-state index in [9.17, 15) is 13.6 Å². The Bertz CT molecular complexity index is 502. The minimum absolute atomic E-state index is 0.180. The fraction of sp³-hybridized carbons (Fsp3) is 0.462. The molecule has 0 spiro atoms. The number of halogens is 2. The number of nitrogens with one attached hydrogen (secondary N) is 1. The van der Waals surface area contributed by atoms with Crippen LogP contribution in [-0.2, 0) is 4.74 Å². The van der Waals surface area contributed by atoms with E-state index in [0.29, 0.717) is 12.2 Å². The van der Waals surface area contributed by atoms with Crippen molar-refractivity contribution in [2.24, 2.45) is 5.41 Å². The molecule has 6 heteroatoms. The van der Waals surface area contributed by atoms with E-state index in [2.05, 4.69) is 10.1 Å². The fourth-order valence-corrected chi connectivity index (χ4v) is 1.83. The first-order valence-electron chi connectivity index (χ1n) is 5.98. The number of nitrogens with two attached hydrogens (primary N) is 1. The molecule has 1 saturated carbocycles. The number of esters is 1. The van der Waals surface area contributed by atoms with Gasteiger partial charge in [-0.05, 0) is 25.0 Å². The van der Waals surface area contributed by atoms with Gasteiger partial charge in [-0.2, -0.15) is 0 Å². The van der Waals surface area contributed by atoms with E-state index in [1.165, 1.54) is 13.2 Å². The summed E-state index contributed by atoms with van der Waals surface area (Å²) >= 11 is 0. The van der Waals surface area contributed by atoms with E-state index in [1.54, 1.807) is 0 Å². The summed E-state index contributed by atoms with van der Waals surface area (Å²) in [6.07, 6.45) is 1.64. The number of hydrogen-bond donors (Lipinski definition) is 2. The van der Waals surface area contributed by atoms with Crippen LogP contribution in [0.1, 0.15) is 23.2 Å². The van der Waals surface area contributed by atoms with Crippen LogP contribution >= 0.6 is 0 Å². The number of benzene rings is 1. The number of anilines is 2. The molecule has 1 aromatic carbocycles. The van der Waals surface area contributed by atoms with Gasteiger partial charge in [0.05, 0.1) is 30.7 Å². The van der Waals surface area contributed by atoms with Crippen molar-refractivity contribution in [1.82, 2.24) is 0 Å². The van der Waals surface area contributed by atoms with Crippen molar-refractivity contribution in [2.45, 2.75) is 12.8 Å². The first-order chi connectivity index (χ1) is 9.01. The molecule has 1 fully saturated rings. The van der Waals surface area contributed by atoms with E-state index in [0.717, 1.165) is 18.9 Å². The largest absolute Gasteiger partial charge is 0.465 e. The van der Waals surface area contributed by atoms with E-state index < -0.39 is 18.5 Å². The van der Waals surface area contributed by atoms with Crippen LogP contribution < -0.4 is 11.1 Å². The first kappa shape index (κ1) is 13.6. The van der Waals surface area contributed by atoms with Gasteiger partial charge in [-0.15, -0.1) is 0 Å². The number of methoxy groups -OCH3 is 1. The Morgan fingerprint density at radius 3 is 2.74 bits per heavy atom. The number of carbonyl (C=O) groups is 1. The molecular weight excluding hydrogens is 254 g/mol. The van der Waals surface area contributed by atoms with Gasteiger partial charge in [0.2, 0.25) is 0 Å². The Morgan fingerprint density at radius 1 is 1.53 bits per heavy atom. The van der Waals surface area contributed by atoms with Gasteiger partial charge in [0.25, 0.3) is 0 Å². The molecule has 0 amide bonds. The summed E-state index contributed by atoms with van der Waals surface area (Å²) < 4.78 is 30.8. The van der Waals surface area contributed by atoms with Gasteiger partial charge in [-0.3, -0.25) is 4.39 Å². The topological polar surface area (TPSA) is 64.3 Å². The highest BCUT2D eigenvalue weighted by Gasteiger charge is 2.42. The van der Waals surface area contributed by atoms with E-state index in [-0.39, 0.29) is 16.7 Å². The number of ether oxygens (including phenoxy) is 1. The van der Waals surface area contributed by atoms with Crippen LogP contribution in [0.5, 0.6) is 0 Å². The monoisotopic (exact) mass is 270 g/mol. The normalized spacial score (nSPS) is 15.9. The molecule has 0 radical (unpaired) electrons. The smallest absolute Gasteiger partial charge is 0.340 e. The van der Waals surface area contributed by atoms with E-state index in [4.69, 9.17) is 5.73 Å². The summed E-state index contributed by atoms with van der Waals surface area (Å²) in [6.45, 7) is 0.0188. The van der Waals surface area contributed by atoms with Gasteiger partial charge in [-0.1, -0.05) is 0 Å². The molecule has 1 aliphatic carbocycles. The second-order valence-corrected chi connectivity index (χ2v) is 4.90. The molecular formula is C13H16F2N2O2. The second kappa shape index (κ2) is 5.03. The number of rotatable bonds is 5. The summed E-state index contributed by atoms with van der Waals surface area (Å²) in [4.78, 5) is 11.4. The average Bonchev–Trinajstić information content (AvgIpc) is 3.17. The number of carbonyl (C=O) groups excluding carboxylic acids is 1. The standard InChI is InChI=1S/C13H16F2N2O2/c1-19-12(18)8-4-11(10(16)5-9(8)15)17-7-13(6-14)2-3-13/h4-5,17H,2-3,6-7,16H2,1H3. The Morgan fingerprint density at radius 2 is 2.21 bits per heavy atom. The minimum atomic E-state index is -0.771. The first-order valence-corrected chi connectivity index (χ1v) is 5.98. The summed E-state index contributed by atoms with van der Waals surface area (Å²) in [5.41, 5.74) is 5.76. The highest BCUT2D eigenvalue weighted by atomic mass is 19.1. The molecule has 4 nitrogen and oxygen atoms in total. The maximum atomic E-state index is 13.6. The molecule has 2 rings (SSSR count). The lowest BCUT2D eigenvalue weighted by Gasteiger charge is -2.15. The SMILES string of the molecule is COC(=O)c1cc(NCC2(CF)CC2)c(N)cc1F. The lowest BCUT2D eigenvalue weighted by Crippen LogP contribution is -2.18. The Labute approximate surface area is 109 Å². The van der Waals surface area contributed by atoms with Gasteiger partial charge >= 0.3 is 5.97 Å². The molecule has 104 valence electrons. The zero-order valence-electron chi connectivity index (χ0n) is 10.6. The molecule has 0 aliphatic heterocycles. The Hall–Kier alpha value is -1.85. The van der Waals surface area contributed by atoms with Gasteiger partial charge < -0.3 is 15.8 Å². The summed E-state index contributed by atoms with van der Waals surface area (Å²) in [7, 11) is 1.17. The van der Waals surface area contributed by atoms with Crippen LogP contribution in [-0.4, -0.2) is 26.3 Å². The van der Waals surface area contributed by atoms with Crippen molar-refractivity contribution in [1.29, 1.82) is 0 Å². The lowest BCUT2D eigenvalue weighted by molar-refractivity contribution is 0.0595. The zero-order valence-corrected chi connectivity index (χ0v) is 10.6. The Kier molecular flexibility index (Phi) is 3.59. The van der Waals surface area contributed by atoms with Gasteiger partial charge in [-0.25, -0.2) is 9.18 Å². The van der Waals surface area contributed by atoms with Crippen LogP contribution in [0.4, 0.5) is 20.2 Å². The highest BCUT2D eigenvalue weighted by molar-refractivity contribution is 5.92. The van der Waals surface area contributed by atoms with Gasteiger partial charge in [0, 0.05) is 12.0 Å². The number of hydrogen-bond acceptors (Lipinski definition) is 4. The van der Waals surface area contributed by atoms with Crippen LogP contribution in [0.25, 0.3) is 0 Å². The molecule has 0 atom stereocenters. The fourth-order valence-electron chi connectivity index (χ4n) is 1.83. The lowest BCUT2D eigenvalue weighted by atomic mass is 10.1. The maximum absolute atomic E-state index is 13.6. The van der Waals surface area contributed by atoms with Gasteiger partial charge in [0.15, 0.2) is 0 Å². The molecule has 1 aliphatic rings. The quantitative estimate of drug-likeness (QED) is 0.637. The second-order valence-electron chi connectivity index (χ2n) is 4.90. The Balaban J connectivity index is 2.17. The molecule has 3 N–H and O–H groups in total. The van der Waals surface area contributed by atoms with Crippen molar-refractivity contribution >= 4 is 17.3 Å². The van der Waals surface area contributed by atoms with Crippen molar-refractivity contribution in [3.8, 4) is 0 Å². The average molecular weight is 270 g/mol. The predicted molar refractivity (Wildman–Crippen MR) is 68.3 cm³/mol. The molecule has 0 heterocycles. The van der Waals surface area contributed by atoms with Crippen LogP contribution in [0.2, 0.25) is 0 Å². The third-order valence-corrected chi connectivity index (χ3v) is 3.44. The summed E-state index contributed by atoms with van der Waals surface area (Å²) in [5, 5.41) is 2.97. The molecule has 0 bridgehead atoms. The van der Waals surface area contributed by atoms with Crippen LogP contribution in [0.15, 0.2) is 12.1 Å². The third-order valence-electron chi connectivity index (χ3n) is 3.44. The third kappa shape index (κ3) is 2.77.